The van der Waals surface area contributed by atoms with E-state index in [1.807, 2.05) is 97.3 Å². The van der Waals surface area contributed by atoms with Gasteiger partial charge in [-0.3, -0.25) is 9.36 Å². The molecule has 1 atom stereocenters. The van der Waals surface area contributed by atoms with E-state index in [-0.39, 0.29) is 5.91 Å². The summed E-state index contributed by atoms with van der Waals surface area (Å²) < 4.78 is 7.69. The lowest BCUT2D eigenvalue weighted by atomic mass is 10.1. The summed E-state index contributed by atoms with van der Waals surface area (Å²) in [5.74, 6) is 1.21. The first-order chi connectivity index (χ1) is 17.1. The molecule has 0 radical (unpaired) electrons. The minimum absolute atomic E-state index is 0.168. The molecule has 0 bridgehead atoms. The third kappa shape index (κ3) is 5.81. The number of nitrogens with zero attached hydrogens (tertiary/aromatic N) is 3. The lowest BCUT2D eigenvalue weighted by Crippen LogP contribution is -2.20. The number of hydrogen-bond acceptors (Lipinski definition) is 5. The van der Waals surface area contributed by atoms with Gasteiger partial charge in [0.05, 0.1) is 12.3 Å². The second kappa shape index (κ2) is 11.5. The zero-order valence-electron chi connectivity index (χ0n) is 19.8. The van der Waals surface area contributed by atoms with Crippen molar-refractivity contribution in [2.24, 2.45) is 0 Å². The van der Waals surface area contributed by atoms with Gasteiger partial charge in [-0.25, -0.2) is 0 Å². The summed E-state index contributed by atoms with van der Waals surface area (Å²) in [6.07, 6.45) is 1.81. The number of carbonyl (C=O) groups is 1. The number of carbonyl (C=O) groups excluding carboxylic acids is 1. The SMILES string of the molecule is C=CCn1c(SC(C(=O)Nc2ccccc2OCC)c2ccccc2)nnc1-c1cccc(C)c1. The summed E-state index contributed by atoms with van der Waals surface area (Å²) in [5.41, 5.74) is 3.61. The fourth-order valence-electron chi connectivity index (χ4n) is 3.72. The van der Waals surface area contributed by atoms with Gasteiger partial charge in [0.2, 0.25) is 5.91 Å². The second-order valence-corrected chi connectivity index (χ2v) is 8.97. The van der Waals surface area contributed by atoms with Gasteiger partial charge in [0, 0.05) is 12.1 Å². The molecule has 35 heavy (non-hydrogen) atoms. The van der Waals surface area contributed by atoms with Gasteiger partial charge < -0.3 is 10.1 Å². The molecule has 0 fully saturated rings. The number of thioether (sulfide) groups is 1. The van der Waals surface area contributed by atoms with E-state index in [4.69, 9.17) is 4.74 Å². The summed E-state index contributed by atoms with van der Waals surface area (Å²) in [7, 11) is 0. The summed E-state index contributed by atoms with van der Waals surface area (Å²) >= 11 is 1.36. The largest absolute Gasteiger partial charge is 0.492 e. The number of rotatable bonds is 10. The molecule has 1 unspecified atom stereocenters. The summed E-state index contributed by atoms with van der Waals surface area (Å²) in [6.45, 7) is 8.90. The lowest BCUT2D eigenvalue weighted by molar-refractivity contribution is -0.115. The maximum atomic E-state index is 13.6. The Balaban J connectivity index is 1.69. The van der Waals surface area contributed by atoms with Gasteiger partial charge in [-0.15, -0.1) is 16.8 Å². The van der Waals surface area contributed by atoms with E-state index in [9.17, 15) is 4.79 Å². The predicted octanol–water partition coefficient (Wildman–Crippen LogP) is 6.31. The Morgan fingerprint density at radius 1 is 1.09 bits per heavy atom. The third-order valence-corrected chi connectivity index (χ3v) is 6.55. The van der Waals surface area contributed by atoms with Crippen molar-refractivity contribution in [3.63, 3.8) is 0 Å². The van der Waals surface area contributed by atoms with E-state index in [0.29, 0.717) is 29.7 Å². The zero-order valence-corrected chi connectivity index (χ0v) is 20.7. The van der Waals surface area contributed by atoms with Crippen LogP contribution in [0.4, 0.5) is 5.69 Å². The van der Waals surface area contributed by atoms with E-state index in [1.165, 1.54) is 11.8 Å². The van der Waals surface area contributed by atoms with Crippen LogP contribution in [0.3, 0.4) is 0 Å². The maximum absolute atomic E-state index is 13.6. The zero-order chi connectivity index (χ0) is 24.6. The minimum atomic E-state index is -0.552. The Morgan fingerprint density at radius 2 is 1.86 bits per heavy atom. The monoisotopic (exact) mass is 484 g/mol. The van der Waals surface area contributed by atoms with Crippen LogP contribution in [0.1, 0.15) is 23.3 Å². The minimum Gasteiger partial charge on any atom is -0.492 e. The summed E-state index contributed by atoms with van der Waals surface area (Å²) in [6, 6.07) is 25.3. The van der Waals surface area contributed by atoms with Crippen LogP contribution in [0.25, 0.3) is 11.4 Å². The molecule has 1 N–H and O–H groups in total. The third-order valence-electron chi connectivity index (χ3n) is 5.31. The first kappa shape index (κ1) is 24.3. The molecule has 0 saturated carbocycles. The first-order valence-corrected chi connectivity index (χ1v) is 12.3. The Labute approximate surface area is 210 Å². The van der Waals surface area contributed by atoms with Crippen molar-refractivity contribution in [3.05, 3.63) is 103 Å². The molecule has 7 heteroatoms. The van der Waals surface area contributed by atoms with E-state index in [2.05, 4.69) is 28.2 Å². The van der Waals surface area contributed by atoms with Crippen LogP contribution in [0, 0.1) is 6.92 Å². The molecule has 0 aliphatic carbocycles. The van der Waals surface area contributed by atoms with Crippen LogP contribution >= 0.6 is 11.8 Å². The number of anilines is 1. The maximum Gasteiger partial charge on any atom is 0.242 e. The van der Waals surface area contributed by atoms with Crippen molar-refractivity contribution in [1.29, 1.82) is 0 Å². The van der Waals surface area contributed by atoms with E-state index < -0.39 is 5.25 Å². The predicted molar refractivity (Wildman–Crippen MR) is 142 cm³/mol. The number of ether oxygens (including phenoxy) is 1. The summed E-state index contributed by atoms with van der Waals surface area (Å²) in [4.78, 5) is 13.6. The number of aryl methyl sites for hydroxylation is 1. The van der Waals surface area contributed by atoms with Crippen molar-refractivity contribution in [3.8, 4) is 17.1 Å². The molecule has 0 saturated heterocycles. The number of hydrogen-bond donors (Lipinski definition) is 1. The molecule has 1 heterocycles. The fourth-order valence-corrected chi connectivity index (χ4v) is 4.77. The molecule has 4 aromatic rings. The molecule has 3 aromatic carbocycles. The molecule has 6 nitrogen and oxygen atoms in total. The number of aromatic nitrogens is 3. The number of para-hydroxylation sites is 2. The molecule has 178 valence electrons. The van der Waals surface area contributed by atoms with Crippen molar-refractivity contribution < 1.29 is 9.53 Å². The Morgan fingerprint density at radius 3 is 2.60 bits per heavy atom. The molecular weight excluding hydrogens is 456 g/mol. The normalized spacial score (nSPS) is 11.6. The molecule has 4 rings (SSSR count). The molecular formula is C28H28N4O2S. The topological polar surface area (TPSA) is 69.0 Å². The molecule has 0 spiro atoms. The van der Waals surface area contributed by atoms with Gasteiger partial charge in [-0.2, -0.15) is 0 Å². The first-order valence-electron chi connectivity index (χ1n) is 11.5. The molecule has 1 aromatic heterocycles. The van der Waals surface area contributed by atoms with Crippen molar-refractivity contribution in [2.45, 2.75) is 30.8 Å². The van der Waals surface area contributed by atoms with Gasteiger partial charge in [-0.1, -0.05) is 84.1 Å². The average Bonchev–Trinajstić information content (AvgIpc) is 3.27. The quantitative estimate of drug-likeness (QED) is 0.211. The highest BCUT2D eigenvalue weighted by atomic mass is 32.2. The molecule has 0 aliphatic rings. The van der Waals surface area contributed by atoms with Crippen molar-refractivity contribution >= 4 is 23.4 Å². The van der Waals surface area contributed by atoms with Crippen LogP contribution in [0.5, 0.6) is 5.75 Å². The number of amides is 1. The van der Waals surface area contributed by atoms with Crippen LogP contribution in [0.15, 0.2) is 96.7 Å². The molecule has 1 amide bonds. The Kier molecular flexibility index (Phi) is 8.00. The standard InChI is InChI=1S/C28H28N4O2S/c1-4-18-32-26(22-15-11-12-20(3)19-22)30-31-28(32)35-25(21-13-7-6-8-14-21)27(33)29-23-16-9-10-17-24(23)34-5-2/h4,6-17,19,25H,1,5,18H2,2-3H3,(H,29,33). The Bertz CT molecular complexity index is 1300. The summed E-state index contributed by atoms with van der Waals surface area (Å²) in [5, 5.41) is 12.1. The van der Waals surface area contributed by atoms with Crippen LogP contribution in [-0.2, 0) is 11.3 Å². The second-order valence-electron chi connectivity index (χ2n) is 7.90. The van der Waals surface area contributed by atoms with Gasteiger partial charge in [-0.05, 0) is 37.6 Å². The van der Waals surface area contributed by atoms with Gasteiger partial charge >= 0.3 is 0 Å². The van der Waals surface area contributed by atoms with Crippen LogP contribution in [-0.4, -0.2) is 27.3 Å². The van der Waals surface area contributed by atoms with Gasteiger partial charge in [0.15, 0.2) is 11.0 Å². The number of nitrogens with one attached hydrogen (secondary N) is 1. The van der Waals surface area contributed by atoms with Crippen LogP contribution in [0.2, 0.25) is 0 Å². The van der Waals surface area contributed by atoms with Gasteiger partial charge in [0.25, 0.3) is 0 Å². The van der Waals surface area contributed by atoms with Gasteiger partial charge in [0.1, 0.15) is 11.0 Å². The molecule has 0 aliphatic heterocycles. The van der Waals surface area contributed by atoms with E-state index in [0.717, 1.165) is 22.5 Å². The highest BCUT2D eigenvalue weighted by Crippen LogP contribution is 2.37. The van der Waals surface area contributed by atoms with E-state index in [1.54, 1.807) is 0 Å². The fraction of sp³-hybridized carbons (Fsp3) is 0.179. The average molecular weight is 485 g/mol. The number of benzene rings is 3. The Hall–Kier alpha value is -3.84. The number of allylic oxidation sites excluding steroid dienone is 1. The highest BCUT2D eigenvalue weighted by molar-refractivity contribution is 8.00. The van der Waals surface area contributed by atoms with Crippen molar-refractivity contribution in [1.82, 2.24) is 14.8 Å². The smallest absolute Gasteiger partial charge is 0.242 e. The van der Waals surface area contributed by atoms with E-state index >= 15 is 0 Å². The van der Waals surface area contributed by atoms with Crippen molar-refractivity contribution in [2.75, 3.05) is 11.9 Å². The highest BCUT2D eigenvalue weighted by Gasteiger charge is 2.26. The van der Waals surface area contributed by atoms with Crippen LogP contribution < -0.4 is 10.1 Å². The lowest BCUT2D eigenvalue weighted by Gasteiger charge is -2.18.